The van der Waals surface area contributed by atoms with Crippen LogP contribution in [0.2, 0.25) is 0 Å². The van der Waals surface area contributed by atoms with Crippen molar-refractivity contribution in [2.24, 2.45) is 0 Å². The van der Waals surface area contributed by atoms with Crippen molar-refractivity contribution in [3.05, 3.63) is 69.3 Å². The molecule has 0 aromatic carbocycles. The van der Waals surface area contributed by atoms with Gasteiger partial charge in [0.1, 0.15) is 11.1 Å². The number of ether oxygens (including phenoxy) is 3. The summed E-state index contributed by atoms with van der Waals surface area (Å²) in [6.45, 7) is 7.02. The molecule has 0 saturated carbocycles. The summed E-state index contributed by atoms with van der Waals surface area (Å²) in [6, 6.07) is 7.44. The van der Waals surface area contributed by atoms with E-state index in [1.54, 1.807) is 12.2 Å². The number of fused-ring (bicyclic) bond motifs is 8. The van der Waals surface area contributed by atoms with Gasteiger partial charge in [0.2, 0.25) is 0 Å². The second-order valence-corrected chi connectivity index (χ2v) is 10.2. The Morgan fingerprint density at radius 1 is 0.721 bits per heavy atom. The molecule has 0 radical (unpaired) electrons. The van der Waals surface area contributed by atoms with Gasteiger partial charge in [0, 0.05) is 16.6 Å². The summed E-state index contributed by atoms with van der Waals surface area (Å²) in [7, 11) is 0. The summed E-state index contributed by atoms with van der Waals surface area (Å²) in [4.78, 5) is 53.8. The molecule has 2 N–H and O–H groups in total. The molecule has 3 aromatic heterocycles. The Balaban J connectivity index is 1.85. The Bertz CT molecular complexity index is 1660. The van der Waals surface area contributed by atoms with Gasteiger partial charge in [-0.25, -0.2) is 19.6 Å². The zero-order chi connectivity index (χ0) is 30.3. The number of nitrogens with one attached hydrogen (secondary N) is 2. The number of aromatic nitrogens is 4. The number of hydrogen-bond donors (Lipinski definition) is 2. The van der Waals surface area contributed by atoms with E-state index in [4.69, 9.17) is 24.2 Å². The van der Waals surface area contributed by atoms with Crippen LogP contribution in [-0.4, -0.2) is 58.2 Å². The van der Waals surface area contributed by atoms with Crippen molar-refractivity contribution < 1.29 is 28.6 Å². The minimum atomic E-state index is -0.472. The lowest BCUT2D eigenvalue weighted by Gasteiger charge is -2.05. The van der Waals surface area contributed by atoms with Gasteiger partial charge in [0.05, 0.1) is 53.6 Å². The monoisotopic (exact) mass is 582 g/mol. The smallest absolute Gasteiger partial charge is 0.342 e. The summed E-state index contributed by atoms with van der Waals surface area (Å²) in [5.74, 6) is -0.944. The average molecular weight is 583 g/mol. The van der Waals surface area contributed by atoms with Crippen molar-refractivity contribution in [1.82, 2.24) is 19.9 Å². The highest BCUT2D eigenvalue weighted by molar-refractivity contribution is 6.03. The molecule has 5 rings (SSSR count). The lowest BCUT2D eigenvalue weighted by Crippen LogP contribution is -2.08. The Labute approximate surface area is 248 Å². The van der Waals surface area contributed by atoms with Gasteiger partial charge in [-0.15, -0.1) is 0 Å². The summed E-state index contributed by atoms with van der Waals surface area (Å²) < 4.78 is 16.1. The van der Waals surface area contributed by atoms with Crippen LogP contribution in [0.5, 0.6) is 0 Å². The first-order chi connectivity index (χ1) is 20.9. The van der Waals surface area contributed by atoms with Gasteiger partial charge in [-0.2, -0.15) is 0 Å². The third kappa shape index (κ3) is 6.28. The van der Waals surface area contributed by atoms with E-state index in [0.717, 1.165) is 22.2 Å². The Hall–Kier alpha value is -4.99. The zero-order valence-electron chi connectivity index (χ0n) is 24.5. The average Bonchev–Trinajstić information content (AvgIpc) is 3.83. The van der Waals surface area contributed by atoms with Crippen LogP contribution in [0.4, 0.5) is 0 Å². The minimum Gasteiger partial charge on any atom is -0.468 e. The van der Waals surface area contributed by atoms with E-state index in [0.29, 0.717) is 77.1 Å². The molecule has 0 atom stereocenters. The van der Waals surface area contributed by atoms with Crippen molar-refractivity contribution in [2.45, 2.75) is 46.5 Å². The predicted octanol–water partition coefficient (Wildman–Crippen LogP) is 6.20. The van der Waals surface area contributed by atoms with E-state index >= 15 is 0 Å². The van der Waals surface area contributed by atoms with Crippen LogP contribution in [0.1, 0.15) is 87.7 Å². The van der Waals surface area contributed by atoms with Crippen molar-refractivity contribution >= 4 is 64.8 Å². The fraction of sp³-hybridized carbons (Fsp3) is 0.303. The van der Waals surface area contributed by atoms with Crippen LogP contribution in [-0.2, 0) is 25.4 Å². The SMILES string of the molecule is CCCOC(=O)c1c2nc(c(C)c3nc(c(C(=O)OCCC)c4ccc([nH]4)c(CCCOC=O)c4ccc1[nH]4)C=C3)C=C2. The highest BCUT2D eigenvalue weighted by Gasteiger charge is 2.21. The molecule has 2 aliphatic heterocycles. The molecule has 2 aliphatic rings. The Morgan fingerprint density at radius 3 is 1.65 bits per heavy atom. The molecule has 222 valence electrons. The fourth-order valence-electron chi connectivity index (χ4n) is 5.02. The van der Waals surface area contributed by atoms with Gasteiger partial charge >= 0.3 is 11.9 Å². The molecule has 10 nitrogen and oxygen atoms in total. The molecule has 0 amide bonds. The molecular weight excluding hydrogens is 548 g/mol. The first-order valence-corrected chi connectivity index (χ1v) is 14.5. The van der Waals surface area contributed by atoms with Gasteiger partial charge in [-0.1, -0.05) is 13.8 Å². The molecule has 0 unspecified atom stereocenters. The summed E-state index contributed by atoms with van der Waals surface area (Å²) in [5, 5.41) is 0. The van der Waals surface area contributed by atoms with Crippen LogP contribution in [0, 0.1) is 6.92 Å². The fourth-order valence-corrected chi connectivity index (χ4v) is 5.02. The summed E-state index contributed by atoms with van der Waals surface area (Å²) in [5.41, 5.74) is 7.19. The van der Waals surface area contributed by atoms with Crippen LogP contribution >= 0.6 is 0 Å². The number of H-pyrrole nitrogens is 2. The standard InChI is InChI=1S/C33H34N4O6/c1-4-16-42-32(39)30-26-12-8-22(34-26)20(3)23-9-13-27(35-23)31(33(40)43-17-5-2)29-15-11-25(37-29)21(7-6-18-41-19-38)24-10-14-28(30)36-24/h8-15,19,36-37H,4-7,16-18H2,1-3H3. The minimum absolute atomic E-state index is 0.242. The van der Waals surface area contributed by atoms with Gasteiger partial charge in [-0.05, 0) is 86.7 Å². The van der Waals surface area contributed by atoms with E-state index < -0.39 is 11.9 Å². The van der Waals surface area contributed by atoms with Gasteiger partial charge in [0.15, 0.2) is 0 Å². The largest absolute Gasteiger partial charge is 0.468 e. The van der Waals surface area contributed by atoms with Gasteiger partial charge < -0.3 is 24.2 Å². The van der Waals surface area contributed by atoms with Crippen molar-refractivity contribution in [3.63, 3.8) is 0 Å². The summed E-state index contributed by atoms with van der Waals surface area (Å²) in [6.07, 6.45) is 9.73. The molecule has 0 spiro atoms. The highest BCUT2D eigenvalue weighted by Crippen LogP contribution is 2.28. The van der Waals surface area contributed by atoms with Crippen LogP contribution in [0.3, 0.4) is 0 Å². The highest BCUT2D eigenvalue weighted by atomic mass is 16.5. The summed E-state index contributed by atoms with van der Waals surface area (Å²) >= 11 is 0. The molecule has 3 aromatic rings. The van der Waals surface area contributed by atoms with E-state index in [-0.39, 0.29) is 19.8 Å². The number of aromatic amines is 2. The second-order valence-electron chi connectivity index (χ2n) is 10.2. The third-order valence-electron chi connectivity index (χ3n) is 7.16. The number of carbonyl (C=O) groups is 3. The normalized spacial score (nSPS) is 11.9. The van der Waals surface area contributed by atoms with Crippen LogP contribution < -0.4 is 0 Å². The quantitative estimate of drug-likeness (QED) is 0.0813. The molecule has 43 heavy (non-hydrogen) atoms. The van der Waals surface area contributed by atoms with Crippen molar-refractivity contribution in [2.75, 3.05) is 19.8 Å². The molecule has 8 bridgehead atoms. The van der Waals surface area contributed by atoms with Gasteiger partial charge in [0.25, 0.3) is 6.47 Å². The number of esters is 2. The van der Waals surface area contributed by atoms with E-state index in [2.05, 4.69) is 9.97 Å². The van der Waals surface area contributed by atoms with Crippen molar-refractivity contribution in [3.8, 4) is 0 Å². The number of nitrogens with zero attached hydrogens (tertiary/aromatic N) is 2. The van der Waals surface area contributed by atoms with Crippen molar-refractivity contribution in [1.29, 1.82) is 0 Å². The van der Waals surface area contributed by atoms with Gasteiger partial charge in [-0.3, -0.25) is 4.79 Å². The van der Waals surface area contributed by atoms with E-state index in [9.17, 15) is 14.4 Å². The number of hydrogen-bond acceptors (Lipinski definition) is 8. The lowest BCUT2D eigenvalue weighted by atomic mass is 10.1. The maximum absolute atomic E-state index is 13.3. The topological polar surface area (TPSA) is 136 Å². The van der Waals surface area contributed by atoms with E-state index in [1.807, 2.05) is 57.2 Å². The molecule has 0 saturated heterocycles. The molecular formula is C33H34N4O6. The lowest BCUT2D eigenvalue weighted by molar-refractivity contribution is -0.128. The maximum Gasteiger partial charge on any atom is 0.342 e. The second kappa shape index (κ2) is 13.3. The Kier molecular flexibility index (Phi) is 9.14. The predicted molar refractivity (Wildman–Crippen MR) is 165 cm³/mol. The van der Waals surface area contributed by atoms with Crippen LogP contribution in [0.25, 0.3) is 46.4 Å². The third-order valence-corrected chi connectivity index (χ3v) is 7.16. The maximum atomic E-state index is 13.3. The first-order valence-electron chi connectivity index (χ1n) is 14.5. The molecule has 0 aliphatic carbocycles. The number of rotatable bonds is 11. The molecule has 5 heterocycles. The number of aryl methyl sites for hydroxylation is 1. The molecule has 10 heteroatoms. The first kappa shape index (κ1) is 29.5. The number of carbonyl (C=O) groups excluding carboxylic acids is 3. The molecule has 0 fully saturated rings. The van der Waals surface area contributed by atoms with E-state index in [1.165, 1.54) is 0 Å². The zero-order valence-corrected chi connectivity index (χ0v) is 24.5. The van der Waals surface area contributed by atoms with Crippen LogP contribution in [0.15, 0.2) is 24.3 Å². The Morgan fingerprint density at radius 2 is 1.19 bits per heavy atom.